The smallest absolute Gasteiger partial charge is 0.115 e. The molecule has 0 saturated carbocycles. The molecule has 0 radical (unpaired) electrons. The third-order valence-corrected chi connectivity index (χ3v) is 3.77. The summed E-state index contributed by atoms with van der Waals surface area (Å²) >= 11 is 3.44. The van der Waals surface area contributed by atoms with E-state index in [1.165, 1.54) is 5.56 Å². The lowest BCUT2D eigenvalue weighted by molar-refractivity contribution is 0.466. The van der Waals surface area contributed by atoms with Crippen LogP contribution in [0.1, 0.15) is 37.1 Å². The molecule has 100 valence electrons. The van der Waals surface area contributed by atoms with Gasteiger partial charge in [0.1, 0.15) is 5.75 Å². The van der Waals surface area contributed by atoms with E-state index in [1.807, 2.05) is 24.3 Å². The molecule has 0 heterocycles. The van der Waals surface area contributed by atoms with Crippen molar-refractivity contribution in [3.05, 3.63) is 64.1 Å². The average Bonchev–Trinajstić information content (AvgIpc) is 2.39. The minimum absolute atomic E-state index is 0.186. The molecule has 2 aromatic rings. The third-order valence-electron chi connectivity index (χ3n) is 3.24. The minimum atomic E-state index is 0.186. The van der Waals surface area contributed by atoms with Crippen molar-refractivity contribution < 1.29 is 5.11 Å². The van der Waals surface area contributed by atoms with Gasteiger partial charge >= 0.3 is 0 Å². The molecule has 0 aliphatic carbocycles. The highest BCUT2D eigenvalue weighted by Gasteiger charge is 2.11. The van der Waals surface area contributed by atoms with E-state index in [4.69, 9.17) is 0 Å². The highest BCUT2D eigenvalue weighted by Crippen LogP contribution is 2.22. The number of rotatable bonds is 4. The number of halogens is 1. The van der Waals surface area contributed by atoms with Crippen LogP contribution >= 0.6 is 15.9 Å². The summed E-state index contributed by atoms with van der Waals surface area (Å²) in [5.74, 6) is 0.308. The topological polar surface area (TPSA) is 32.3 Å². The van der Waals surface area contributed by atoms with Crippen LogP contribution in [0.25, 0.3) is 0 Å². The van der Waals surface area contributed by atoms with Crippen LogP contribution < -0.4 is 5.32 Å². The maximum atomic E-state index is 9.51. The molecule has 19 heavy (non-hydrogen) atoms. The van der Waals surface area contributed by atoms with Crippen molar-refractivity contribution in [1.29, 1.82) is 0 Å². The van der Waals surface area contributed by atoms with Gasteiger partial charge in [0, 0.05) is 16.6 Å². The number of nitrogens with one attached hydrogen (secondary N) is 1. The van der Waals surface area contributed by atoms with Gasteiger partial charge in [0.15, 0.2) is 0 Å². The van der Waals surface area contributed by atoms with Crippen LogP contribution in [0.3, 0.4) is 0 Å². The van der Waals surface area contributed by atoms with Crippen molar-refractivity contribution in [1.82, 2.24) is 5.32 Å². The van der Waals surface area contributed by atoms with Gasteiger partial charge in [0.05, 0.1) is 0 Å². The number of phenols is 1. The quantitative estimate of drug-likeness (QED) is 0.865. The van der Waals surface area contributed by atoms with Crippen LogP contribution in [0.5, 0.6) is 5.75 Å². The van der Waals surface area contributed by atoms with Crippen molar-refractivity contribution in [3.8, 4) is 5.75 Å². The van der Waals surface area contributed by atoms with Gasteiger partial charge in [-0.15, -0.1) is 0 Å². The Morgan fingerprint density at radius 2 is 1.58 bits per heavy atom. The zero-order chi connectivity index (χ0) is 13.8. The Bertz CT molecular complexity index is 539. The van der Waals surface area contributed by atoms with Crippen molar-refractivity contribution in [2.75, 3.05) is 0 Å². The average molecular weight is 320 g/mol. The molecule has 3 heteroatoms. The normalized spacial score (nSPS) is 14.1. The van der Waals surface area contributed by atoms with Gasteiger partial charge in [0.25, 0.3) is 0 Å². The second kappa shape index (κ2) is 6.22. The summed E-state index contributed by atoms with van der Waals surface area (Å²) in [7, 11) is 0. The number of benzene rings is 2. The molecular weight excluding hydrogens is 302 g/mol. The Kier molecular flexibility index (Phi) is 4.61. The molecule has 2 rings (SSSR count). The fourth-order valence-electron chi connectivity index (χ4n) is 2.11. The van der Waals surface area contributed by atoms with Gasteiger partial charge < -0.3 is 10.4 Å². The largest absolute Gasteiger partial charge is 0.508 e. The van der Waals surface area contributed by atoms with Crippen molar-refractivity contribution in [2.45, 2.75) is 25.9 Å². The maximum absolute atomic E-state index is 9.51. The SMILES string of the molecule is CC(NC(C)c1cccc(O)c1)c1ccc(Br)cc1. The van der Waals surface area contributed by atoms with Crippen molar-refractivity contribution in [3.63, 3.8) is 0 Å². The van der Waals surface area contributed by atoms with E-state index in [0.717, 1.165) is 10.0 Å². The summed E-state index contributed by atoms with van der Waals surface area (Å²) in [6.07, 6.45) is 0. The lowest BCUT2D eigenvalue weighted by Gasteiger charge is -2.21. The molecule has 0 aliphatic rings. The van der Waals surface area contributed by atoms with Gasteiger partial charge in [-0.05, 0) is 49.2 Å². The second-order valence-electron chi connectivity index (χ2n) is 4.76. The highest BCUT2D eigenvalue weighted by atomic mass is 79.9. The van der Waals surface area contributed by atoms with E-state index < -0.39 is 0 Å². The summed E-state index contributed by atoms with van der Waals surface area (Å²) in [6, 6.07) is 16.1. The lowest BCUT2D eigenvalue weighted by Crippen LogP contribution is -2.22. The molecule has 0 aromatic heterocycles. The summed E-state index contributed by atoms with van der Waals surface area (Å²) < 4.78 is 1.09. The molecule has 0 spiro atoms. The summed E-state index contributed by atoms with van der Waals surface area (Å²) in [5.41, 5.74) is 2.33. The number of phenolic OH excluding ortho intramolecular Hbond substituents is 1. The van der Waals surface area contributed by atoms with E-state index >= 15 is 0 Å². The van der Waals surface area contributed by atoms with Crippen LogP contribution in [-0.4, -0.2) is 5.11 Å². The summed E-state index contributed by atoms with van der Waals surface area (Å²) in [5, 5.41) is 13.0. The second-order valence-corrected chi connectivity index (χ2v) is 5.67. The molecule has 0 amide bonds. The first-order valence-corrected chi connectivity index (χ1v) is 7.16. The van der Waals surface area contributed by atoms with Gasteiger partial charge in [-0.1, -0.05) is 40.2 Å². The third kappa shape index (κ3) is 3.82. The minimum Gasteiger partial charge on any atom is -0.508 e. The Labute approximate surface area is 122 Å². The molecule has 2 atom stereocenters. The molecule has 0 aliphatic heterocycles. The van der Waals surface area contributed by atoms with Crippen molar-refractivity contribution in [2.24, 2.45) is 0 Å². The van der Waals surface area contributed by atoms with Gasteiger partial charge in [-0.2, -0.15) is 0 Å². The summed E-state index contributed by atoms with van der Waals surface area (Å²) in [6.45, 7) is 4.24. The Morgan fingerprint density at radius 3 is 2.21 bits per heavy atom. The van der Waals surface area contributed by atoms with E-state index in [-0.39, 0.29) is 12.1 Å². The number of hydrogen-bond donors (Lipinski definition) is 2. The molecule has 0 saturated heterocycles. The first-order valence-electron chi connectivity index (χ1n) is 6.36. The molecule has 0 fully saturated rings. The first-order chi connectivity index (χ1) is 9.06. The molecule has 2 unspecified atom stereocenters. The van der Waals surface area contributed by atoms with Crippen LogP contribution in [0.4, 0.5) is 0 Å². The Balaban J connectivity index is 2.06. The van der Waals surface area contributed by atoms with Gasteiger partial charge in [-0.25, -0.2) is 0 Å². The van der Waals surface area contributed by atoms with Crippen LogP contribution in [0.15, 0.2) is 53.0 Å². The molecule has 0 bridgehead atoms. The molecule has 2 N–H and O–H groups in total. The monoisotopic (exact) mass is 319 g/mol. The maximum Gasteiger partial charge on any atom is 0.115 e. The zero-order valence-electron chi connectivity index (χ0n) is 11.1. The lowest BCUT2D eigenvalue weighted by atomic mass is 10.0. The Hall–Kier alpha value is -1.32. The molecule has 2 nitrogen and oxygen atoms in total. The van der Waals surface area contributed by atoms with Crippen LogP contribution in [0, 0.1) is 0 Å². The van der Waals surface area contributed by atoms with E-state index in [0.29, 0.717) is 5.75 Å². The predicted octanol–water partition coefficient (Wildman–Crippen LogP) is 4.57. The standard InChI is InChI=1S/C16H18BrNO/c1-11(13-6-8-15(17)9-7-13)18-12(2)14-4-3-5-16(19)10-14/h3-12,18-19H,1-2H3. The van der Waals surface area contributed by atoms with Crippen molar-refractivity contribution >= 4 is 15.9 Å². The van der Waals surface area contributed by atoms with Crippen LogP contribution in [0.2, 0.25) is 0 Å². The summed E-state index contributed by atoms with van der Waals surface area (Å²) in [4.78, 5) is 0. The zero-order valence-corrected chi connectivity index (χ0v) is 12.7. The highest BCUT2D eigenvalue weighted by molar-refractivity contribution is 9.10. The van der Waals surface area contributed by atoms with Gasteiger partial charge in [-0.3, -0.25) is 0 Å². The van der Waals surface area contributed by atoms with Gasteiger partial charge in [0.2, 0.25) is 0 Å². The van der Waals surface area contributed by atoms with E-state index in [1.54, 1.807) is 12.1 Å². The number of hydrogen-bond acceptors (Lipinski definition) is 2. The number of aromatic hydroxyl groups is 1. The van der Waals surface area contributed by atoms with E-state index in [2.05, 4.69) is 47.2 Å². The van der Waals surface area contributed by atoms with Crippen LogP contribution in [-0.2, 0) is 0 Å². The first kappa shape index (κ1) is 14.1. The molecule has 2 aromatic carbocycles. The fraction of sp³-hybridized carbons (Fsp3) is 0.250. The molecular formula is C16H18BrNO. The fourth-order valence-corrected chi connectivity index (χ4v) is 2.38. The van der Waals surface area contributed by atoms with E-state index in [9.17, 15) is 5.11 Å². The predicted molar refractivity (Wildman–Crippen MR) is 82.2 cm³/mol. The Morgan fingerprint density at radius 1 is 0.947 bits per heavy atom.